The van der Waals surface area contributed by atoms with Crippen LogP contribution in [0, 0.1) is 0 Å². The first kappa shape index (κ1) is 20.5. The lowest BCUT2D eigenvalue weighted by molar-refractivity contribution is -0.182. The van der Waals surface area contributed by atoms with E-state index in [1.165, 1.54) is 4.31 Å². The van der Waals surface area contributed by atoms with Gasteiger partial charge in [-0.3, -0.25) is 0 Å². The van der Waals surface area contributed by atoms with Gasteiger partial charge in [0.25, 0.3) is 0 Å². The summed E-state index contributed by atoms with van der Waals surface area (Å²) in [4.78, 5) is 0.269. The largest absolute Gasteiger partial charge is 0.390 e. The van der Waals surface area contributed by atoms with E-state index in [4.69, 9.17) is 9.47 Å². The fraction of sp³-hybridized carbons (Fsp3) is 0.684. The average Bonchev–Trinajstić information content (AvgIpc) is 3.17. The van der Waals surface area contributed by atoms with E-state index in [2.05, 4.69) is 5.32 Å². The minimum Gasteiger partial charge on any atom is -0.390 e. The van der Waals surface area contributed by atoms with Crippen LogP contribution in [0.1, 0.15) is 51.4 Å². The summed E-state index contributed by atoms with van der Waals surface area (Å²) in [5, 5.41) is 13.2. The Bertz CT molecular complexity index is 733. The number of hydrogen-bond donors (Lipinski definition) is 2. The summed E-state index contributed by atoms with van der Waals surface area (Å²) in [6, 6.07) is 5.06. The van der Waals surface area contributed by atoms with Crippen LogP contribution >= 0.6 is 0 Å². The van der Waals surface area contributed by atoms with Crippen molar-refractivity contribution in [2.45, 2.75) is 56.3 Å². The van der Waals surface area contributed by atoms with E-state index < -0.39 is 21.9 Å². The molecule has 8 heteroatoms. The maximum Gasteiger partial charge on any atom is 0.243 e. The summed E-state index contributed by atoms with van der Waals surface area (Å²) in [6.07, 6.45) is 2.60. The maximum absolute atomic E-state index is 12.9. The molecule has 7 nitrogen and oxygen atoms in total. The average molecular weight is 399 g/mol. The van der Waals surface area contributed by atoms with Crippen molar-refractivity contribution in [3.8, 4) is 0 Å². The molecule has 0 atom stereocenters. The zero-order valence-electron chi connectivity index (χ0n) is 16.1. The Hall–Kier alpha value is -1.19. The van der Waals surface area contributed by atoms with Crippen molar-refractivity contribution in [2.75, 3.05) is 38.2 Å². The molecule has 0 amide bonds. The quantitative estimate of drug-likeness (QED) is 0.734. The Labute approximate surface area is 161 Å². The van der Waals surface area contributed by atoms with E-state index in [1.807, 2.05) is 0 Å². The SMILES string of the molecule is CC(C)(O)CCNc1ccc(S(=O)(=O)N2CCCC2)cc1C1OCCCO1. The lowest BCUT2D eigenvalue weighted by atomic mass is 10.1. The van der Waals surface area contributed by atoms with Crippen molar-refractivity contribution in [3.05, 3.63) is 23.8 Å². The minimum atomic E-state index is -3.51. The molecular weight excluding hydrogens is 368 g/mol. The number of benzene rings is 1. The molecule has 0 bridgehead atoms. The van der Waals surface area contributed by atoms with E-state index in [0.717, 1.165) is 24.9 Å². The molecule has 27 heavy (non-hydrogen) atoms. The summed E-state index contributed by atoms with van der Waals surface area (Å²) in [5.74, 6) is 0. The van der Waals surface area contributed by atoms with Crippen molar-refractivity contribution < 1.29 is 23.0 Å². The highest BCUT2D eigenvalue weighted by atomic mass is 32.2. The fourth-order valence-corrected chi connectivity index (χ4v) is 4.86. The molecule has 2 saturated heterocycles. The molecule has 2 N–H and O–H groups in total. The second-order valence-corrected chi connectivity index (χ2v) is 9.71. The Kier molecular flexibility index (Phi) is 6.43. The van der Waals surface area contributed by atoms with Crippen LogP contribution in [-0.4, -0.2) is 56.3 Å². The fourth-order valence-electron chi connectivity index (χ4n) is 3.31. The Balaban J connectivity index is 1.86. The van der Waals surface area contributed by atoms with Crippen LogP contribution in [-0.2, 0) is 19.5 Å². The van der Waals surface area contributed by atoms with Gasteiger partial charge in [-0.25, -0.2) is 8.42 Å². The third-order valence-electron chi connectivity index (χ3n) is 4.86. The highest BCUT2D eigenvalue weighted by molar-refractivity contribution is 7.89. The first-order valence-electron chi connectivity index (χ1n) is 9.61. The van der Waals surface area contributed by atoms with Gasteiger partial charge in [-0.2, -0.15) is 4.31 Å². The van der Waals surface area contributed by atoms with Crippen LogP contribution in [0.5, 0.6) is 0 Å². The number of nitrogens with one attached hydrogen (secondary N) is 1. The molecule has 2 aliphatic heterocycles. The molecule has 0 aliphatic carbocycles. The normalized spacial score (nSPS) is 20.1. The standard InChI is InChI=1S/C19H30N2O5S/c1-19(2,22)8-9-20-17-7-6-15(27(23,24)21-10-3-4-11-21)14-16(17)18-25-12-5-13-26-18/h6-7,14,18,20,22H,3-5,8-13H2,1-2H3. The molecule has 0 saturated carbocycles. The molecular formula is C19H30N2O5S. The van der Waals surface area contributed by atoms with Gasteiger partial charge in [-0.05, 0) is 57.7 Å². The van der Waals surface area contributed by atoms with Gasteiger partial charge in [0.05, 0.1) is 23.7 Å². The second-order valence-electron chi connectivity index (χ2n) is 7.78. The zero-order chi connectivity index (χ0) is 19.5. The van der Waals surface area contributed by atoms with Gasteiger partial charge in [-0.15, -0.1) is 0 Å². The highest BCUT2D eigenvalue weighted by Gasteiger charge is 2.29. The zero-order valence-corrected chi connectivity index (χ0v) is 16.9. The van der Waals surface area contributed by atoms with Crippen LogP contribution in [0.15, 0.2) is 23.1 Å². The van der Waals surface area contributed by atoms with Gasteiger partial charge in [-0.1, -0.05) is 0 Å². The number of anilines is 1. The van der Waals surface area contributed by atoms with Crippen molar-refractivity contribution in [3.63, 3.8) is 0 Å². The first-order valence-corrected chi connectivity index (χ1v) is 11.0. The molecule has 2 fully saturated rings. The van der Waals surface area contributed by atoms with Crippen LogP contribution in [0.4, 0.5) is 5.69 Å². The molecule has 2 aliphatic rings. The molecule has 1 aromatic rings. The van der Waals surface area contributed by atoms with Crippen molar-refractivity contribution in [2.24, 2.45) is 0 Å². The van der Waals surface area contributed by atoms with Gasteiger partial charge in [0, 0.05) is 30.9 Å². The highest BCUT2D eigenvalue weighted by Crippen LogP contribution is 2.33. The molecule has 1 aromatic carbocycles. The van der Waals surface area contributed by atoms with Crippen LogP contribution in [0.3, 0.4) is 0 Å². The summed E-state index contributed by atoms with van der Waals surface area (Å²) >= 11 is 0. The number of ether oxygens (including phenoxy) is 2. The van der Waals surface area contributed by atoms with E-state index >= 15 is 0 Å². The van der Waals surface area contributed by atoms with Crippen molar-refractivity contribution in [1.82, 2.24) is 4.31 Å². The molecule has 2 heterocycles. The number of nitrogens with zero attached hydrogens (tertiary/aromatic N) is 1. The number of aliphatic hydroxyl groups is 1. The Morgan fingerprint density at radius 2 is 1.85 bits per heavy atom. The lowest BCUT2D eigenvalue weighted by Gasteiger charge is -2.27. The van der Waals surface area contributed by atoms with Gasteiger partial charge in [0.15, 0.2) is 6.29 Å². The lowest BCUT2D eigenvalue weighted by Crippen LogP contribution is -2.28. The summed E-state index contributed by atoms with van der Waals surface area (Å²) in [6.45, 7) is 6.37. The van der Waals surface area contributed by atoms with E-state index in [9.17, 15) is 13.5 Å². The Morgan fingerprint density at radius 1 is 1.19 bits per heavy atom. The molecule has 3 rings (SSSR count). The predicted molar refractivity (Wildman–Crippen MR) is 103 cm³/mol. The maximum atomic E-state index is 12.9. The molecule has 0 spiro atoms. The summed E-state index contributed by atoms with van der Waals surface area (Å²) in [5.41, 5.74) is 0.682. The van der Waals surface area contributed by atoms with Crippen molar-refractivity contribution in [1.29, 1.82) is 0 Å². The number of sulfonamides is 1. The third-order valence-corrected chi connectivity index (χ3v) is 6.75. The van der Waals surface area contributed by atoms with Crippen LogP contribution < -0.4 is 5.32 Å². The molecule has 0 radical (unpaired) electrons. The van der Waals surface area contributed by atoms with E-state index in [0.29, 0.717) is 44.8 Å². The van der Waals surface area contributed by atoms with Gasteiger partial charge in [0.1, 0.15) is 0 Å². The second kappa shape index (κ2) is 8.45. The number of rotatable bonds is 7. The van der Waals surface area contributed by atoms with Gasteiger partial charge in [0.2, 0.25) is 10.0 Å². The van der Waals surface area contributed by atoms with Crippen LogP contribution in [0.2, 0.25) is 0 Å². The first-order chi connectivity index (χ1) is 12.8. The minimum absolute atomic E-state index is 0.269. The molecule has 0 aromatic heterocycles. The predicted octanol–water partition coefficient (Wildman–Crippen LogP) is 2.48. The summed E-state index contributed by atoms with van der Waals surface area (Å²) < 4.78 is 38.8. The monoisotopic (exact) mass is 398 g/mol. The van der Waals surface area contributed by atoms with Gasteiger partial charge < -0.3 is 19.9 Å². The van der Waals surface area contributed by atoms with E-state index in [1.54, 1.807) is 32.0 Å². The third kappa shape index (κ3) is 5.20. The molecule has 0 unspecified atom stereocenters. The Morgan fingerprint density at radius 3 is 2.48 bits per heavy atom. The molecule has 152 valence electrons. The topological polar surface area (TPSA) is 88.1 Å². The van der Waals surface area contributed by atoms with Gasteiger partial charge >= 0.3 is 0 Å². The smallest absolute Gasteiger partial charge is 0.243 e. The van der Waals surface area contributed by atoms with Crippen LogP contribution in [0.25, 0.3) is 0 Å². The number of hydrogen-bond acceptors (Lipinski definition) is 6. The van der Waals surface area contributed by atoms with E-state index in [-0.39, 0.29) is 4.90 Å². The summed E-state index contributed by atoms with van der Waals surface area (Å²) in [7, 11) is -3.51. The van der Waals surface area contributed by atoms with Crippen molar-refractivity contribution >= 4 is 15.7 Å².